The van der Waals surface area contributed by atoms with Crippen molar-refractivity contribution in [3.05, 3.63) is 82.9 Å². The standard InChI is InChI=1S/C24H18ClN7O/c25-16-6-7-19-18(10-16)21-15(11-31(29-21)12-17-3-1-2-8-26-17)9-20-22(27-13-32(19)20)24-28-23(30-33-24)14-4-5-14/h1-3,6-8,10-11,13-14H,4-5,9,12H2. The molecule has 0 spiro atoms. The van der Waals surface area contributed by atoms with Gasteiger partial charge in [0, 0.05) is 40.9 Å². The third-order valence-electron chi connectivity index (χ3n) is 6.17. The van der Waals surface area contributed by atoms with E-state index in [0.29, 0.717) is 35.5 Å². The van der Waals surface area contributed by atoms with Crippen molar-refractivity contribution in [3.8, 4) is 28.5 Å². The van der Waals surface area contributed by atoms with Crippen molar-refractivity contribution in [3.63, 3.8) is 0 Å². The minimum Gasteiger partial charge on any atom is -0.332 e. The normalized spacial score (nSPS) is 14.5. The Balaban J connectivity index is 1.37. The number of hydrogen-bond donors (Lipinski definition) is 0. The zero-order valence-corrected chi connectivity index (χ0v) is 18.3. The number of rotatable bonds is 4. The van der Waals surface area contributed by atoms with Crippen LogP contribution in [0.25, 0.3) is 28.5 Å². The van der Waals surface area contributed by atoms with E-state index in [1.807, 2.05) is 47.4 Å². The molecule has 0 radical (unpaired) electrons. The van der Waals surface area contributed by atoms with Gasteiger partial charge in [-0.25, -0.2) is 4.98 Å². The van der Waals surface area contributed by atoms with Crippen LogP contribution in [0.15, 0.2) is 59.6 Å². The second-order valence-electron chi connectivity index (χ2n) is 8.50. The van der Waals surface area contributed by atoms with Crippen LogP contribution in [0.3, 0.4) is 0 Å². The topological polar surface area (TPSA) is 87.4 Å². The van der Waals surface area contributed by atoms with Crippen molar-refractivity contribution in [2.24, 2.45) is 0 Å². The third-order valence-corrected chi connectivity index (χ3v) is 6.41. The number of aromatic nitrogens is 7. The van der Waals surface area contributed by atoms with Crippen LogP contribution < -0.4 is 0 Å². The van der Waals surface area contributed by atoms with Crippen LogP contribution in [0.2, 0.25) is 5.02 Å². The Morgan fingerprint density at radius 2 is 2.03 bits per heavy atom. The van der Waals surface area contributed by atoms with Gasteiger partial charge in [-0.15, -0.1) is 0 Å². The summed E-state index contributed by atoms with van der Waals surface area (Å²) in [5, 5.41) is 9.76. The average molecular weight is 456 g/mol. The van der Waals surface area contributed by atoms with E-state index in [2.05, 4.69) is 30.9 Å². The first-order valence-electron chi connectivity index (χ1n) is 10.9. The van der Waals surface area contributed by atoms with Crippen molar-refractivity contribution in [2.75, 3.05) is 0 Å². The molecule has 0 amide bonds. The molecule has 9 heteroatoms. The van der Waals surface area contributed by atoms with Gasteiger partial charge in [0.2, 0.25) is 0 Å². The van der Waals surface area contributed by atoms with Gasteiger partial charge in [0.05, 0.1) is 29.3 Å². The van der Waals surface area contributed by atoms with Gasteiger partial charge >= 0.3 is 0 Å². The summed E-state index contributed by atoms with van der Waals surface area (Å²) in [5.41, 5.74) is 6.56. The minimum atomic E-state index is 0.419. The fourth-order valence-corrected chi connectivity index (χ4v) is 4.59. The fourth-order valence-electron chi connectivity index (χ4n) is 4.41. The number of halogens is 1. The summed E-state index contributed by atoms with van der Waals surface area (Å²) in [6.07, 6.45) is 8.54. The van der Waals surface area contributed by atoms with Crippen LogP contribution in [-0.2, 0) is 13.0 Å². The number of nitrogens with zero attached hydrogens (tertiary/aromatic N) is 7. The van der Waals surface area contributed by atoms with Crippen molar-refractivity contribution in [1.29, 1.82) is 0 Å². The second-order valence-corrected chi connectivity index (χ2v) is 8.94. The largest absolute Gasteiger partial charge is 0.332 e. The summed E-state index contributed by atoms with van der Waals surface area (Å²) in [7, 11) is 0. The number of pyridine rings is 1. The highest BCUT2D eigenvalue weighted by atomic mass is 35.5. The quantitative estimate of drug-likeness (QED) is 0.384. The Bertz CT molecular complexity index is 1500. The van der Waals surface area contributed by atoms with E-state index in [9.17, 15) is 0 Å². The molecule has 2 aliphatic rings. The number of fused-ring (bicyclic) bond motifs is 5. The summed E-state index contributed by atoms with van der Waals surface area (Å²) in [6, 6.07) is 11.7. The Hall–Kier alpha value is -3.78. The predicted octanol–water partition coefficient (Wildman–Crippen LogP) is 4.66. The van der Waals surface area contributed by atoms with E-state index in [0.717, 1.165) is 52.6 Å². The lowest BCUT2D eigenvalue weighted by molar-refractivity contribution is 0.421. The van der Waals surface area contributed by atoms with Crippen molar-refractivity contribution >= 4 is 11.6 Å². The maximum atomic E-state index is 6.40. The molecule has 0 N–H and O–H groups in total. The van der Waals surface area contributed by atoms with E-state index in [1.165, 1.54) is 0 Å². The molecule has 4 aromatic heterocycles. The molecule has 1 saturated carbocycles. The molecule has 1 aromatic carbocycles. The van der Waals surface area contributed by atoms with Gasteiger partial charge in [-0.3, -0.25) is 9.67 Å². The second kappa shape index (κ2) is 7.11. The van der Waals surface area contributed by atoms with Gasteiger partial charge < -0.3 is 9.09 Å². The summed E-state index contributed by atoms with van der Waals surface area (Å²) < 4.78 is 9.62. The zero-order valence-electron chi connectivity index (χ0n) is 17.5. The highest BCUT2D eigenvalue weighted by Gasteiger charge is 2.31. The first-order chi connectivity index (χ1) is 16.2. The van der Waals surface area contributed by atoms with E-state index >= 15 is 0 Å². The first kappa shape index (κ1) is 18.8. The molecule has 162 valence electrons. The molecular weight excluding hydrogens is 438 g/mol. The molecule has 1 fully saturated rings. The molecule has 0 unspecified atom stereocenters. The molecule has 1 aliphatic heterocycles. The van der Waals surface area contributed by atoms with Crippen LogP contribution >= 0.6 is 11.6 Å². The van der Waals surface area contributed by atoms with E-state index in [-0.39, 0.29) is 0 Å². The molecule has 0 atom stereocenters. The Morgan fingerprint density at radius 1 is 1.09 bits per heavy atom. The van der Waals surface area contributed by atoms with E-state index in [1.54, 1.807) is 6.20 Å². The molecular formula is C24H18ClN7O. The van der Waals surface area contributed by atoms with Gasteiger partial charge in [0.15, 0.2) is 11.5 Å². The summed E-state index contributed by atoms with van der Waals surface area (Å²) in [4.78, 5) is 13.7. The van der Waals surface area contributed by atoms with Crippen LogP contribution in [-0.4, -0.2) is 34.5 Å². The average Bonchev–Trinajstić information content (AvgIpc) is 3.26. The molecule has 7 rings (SSSR count). The lowest BCUT2D eigenvalue weighted by Crippen LogP contribution is -2.03. The Morgan fingerprint density at radius 3 is 2.88 bits per heavy atom. The zero-order chi connectivity index (χ0) is 21.9. The van der Waals surface area contributed by atoms with Crippen molar-refractivity contribution in [2.45, 2.75) is 31.7 Å². The maximum Gasteiger partial charge on any atom is 0.278 e. The summed E-state index contributed by atoms with van der Waals surface area (Å²) in [5.74, 6) is 1.66. The number of imidazole rings is 1. The minimum absolute atomic E-state index is 0.419. The van der Waals surface area contributed by atoms with Gasteiger partial charge in [0.1, 0.15) is 6.33 Å². The predicted molar refractivity (Wildman–Crippen MR) is 121 cm³/mol. The smallest absolute Gasteiger partial charge is 0.278 e. The number of hydrogen-bond acceptors (Lipinski definition) is 6. The summed E-state index contributed by atoms with van der Waals surface area (Å²) >= 11 is 6.40. The van der Waals surface area contributed by atoms with Crippen LogP contribution in [0.4, 0.5) is 0 Å². The van der Waals surface area contributed by atoms with Crippen molar-refractivity contribution in [1.82, 2.24) is 34.5 Å². The Kier molecular flexibility index (Phi) is 4.04. The van der Waals surface area contributed by atoms with E-state index < -0.39 is 0 Å². The maximum absolute atomic E-state index is 6.40. The van der Waals surface area contributed by atoms with Crippen LogP contribution in [0.1, 0.15) is 41.5 Å². The SMILES string of the molecule is Clc1ccc2c(c1)-c1nn(Cc3ccccn3)cc1Cc1c(-c3nc(C4CC4)no3)ncn1-2. The Labute approximate surface area is 193 Å². The molecule has 1 aliphatic carbocycles. The monoisotopic (exact) mass is 455 g/mol. The molecule has 0 saturated heterocycles. The molecule has 8 nitrogen and oxygen atoms in total. The highest BCUT2D eigenvalue weighted by Crippen LogP contribution is 2.41. The lowest BCUT2D eigenvalue weighted by Gasteiger charge is -2.10. The van der Waals surface area contributed by atoms with Gasteiger partial charge in [-0.1, -0.05) is 22.8 Å². The van der Waals surface area contributed by atoms with Crippen LogP contribution in [0, 0.1) is 0 Å². The molecule has 33 heavy (non-hydrogen) atoms. The third kappa shape index (κ3) is 3.17. The molecule has 5 aromatic rings. The van der Waals surface area contributed by atoms with Gasteiger partial charge in [-0.05, 0) is 43.2 Å². The van der Waals surface area contributed by atoms with E-state index in [4.69, 9.17) is 21.2 Å². The van der Waals surface area contributed by atoms with Crippen molar-refractivity contribution < 1.29 is 4.52 Å². The number of benzene rings is 1. The van der Waals surface area contributed by atoms with Gasteiger partial charge in [0.25, 0.3) is 5.89 Å². The first-order valence-corrected chi connectivity index (χ1v) is 11.3. The van der Waals surface area contributed by atoms with Crippen LogP contribution in [0.5, 0.6) is 0 Å². The fraction of sp³-hybridized carbons (Fsp3) is 0.208. The lowest BCUT2D eigenvalue weighted by atomic mass is 10.0. The van der Waals surface area contributed by atoms with Gasteiger partial charge in [-0.2, -0.15) is 10.1 Å². The molecule has 5 heterocycles. The molecule has 0 bridgehead atoms. The summed E-state index contributed by atoms with van der Waals surface area (Å²) in [6.45, 7) is 0.588. The highest BCUT2D eigenvalue weighted by molar-refractivity contribution is 6.31.